The number of carbonyl (C=O) groups is 1. The third-order valence-corrected chi connectivity index (χ3v) is 2.95. The fraction of sp³-hybridized carbons (Fsp3) is 0.364. The van der Waals surface area contributed by atoms with Gasteiger partial charge in [-0.05, 0) is 12.1 Å². The molecule has 1 aliphatic rings. The maximum atomic E-state index is 13.4. The van der Waals surface area contributed by atoms with Gasteiger partial charge >= 0.3 is 0 Å². The lowest BCUT2D eigenvalue weighted by atomic mass is 10.2. The van der Waals surface area contributed by atoms with Gasteiger partial charge in [-0.2, -0.15) is 0 Å². The van der Waals surface area contributed by atoms with E-state index >= 15 is 0 Å². The molecule has 1 aliphatic carbocycles. The summed E-state index contributed by atoms with van der Waals surface area (Å²) in [5.74, 6) is -3.17. The molecular weight excluding hydrogens is 246 g/mol. The molecule has 5 nitrogen and oxygen atoms in total. The molecule has 0 bridgehead atoms. The van der Waals surface area contributed by atoms with Crippen molar-refractivity contribution >= 4 is 11.6 Å². The second-order valence-corrected chi connectivity index (χ2v) is 4.16. The van der Waals surface area contributed by atoms with Gasteiger partial charge < -0.3 is 4.90 Å². The molecule has 1 saturated carbocycles. The largest absolute Gasteiger partial charge is 0.310 e. The van der Waals surface area contributed by atoms with Gasteiger partial charge in [0.05, 0.1) is 0 Å². The molecule has 0 spiro atoms. The number of amides is 1. The van der Waals surface area contributed by atoms with Crippen molar-refractivity contribution in [3.63, 3.8) is 0 Å². The number of carbonyl (C=O) groups excluding carboxylic acids is 1. The van der Waals surface area contributed by atoms with Gasteiger partial charge in [0, 0.05) is 18.4 Å². The molecule has 0 saturated heterocycles. The van der Waals surface area contributed by atoms with Crippen molar-refractivity contribution in [1.29, 1.82) is 0 Å². The van der Waals surface area contributed by atoms with Crippen LogP contribution in [0, 0.1) is 27.7 Å². The average Bonchev–Trinajstić information content (AvgIpc) is 3.07. The van der Waals surface area contributed by atoms with E-state index in [1.165, 1.54) is 13.1 Å². The van der Waals surface area contributed by atoms with Crippen LogP contribution in [0.2, 0.25) is 0 Å². The van der Waals surface area contributed by atoms with Crippen molar-refractivity contribution < 1.29 is 18.5 Å². The van der Waals surface area contributed by atoms with Crippen LogP contribution in [0.3, 0.4) is 0 Å². The van der Waals surface area contributed by atoms with Crippen molar-refractivity contribution in [1.82, 2.24) is 0 Å². The standard InChI is InChI=1S/C11H10F2N2O3/c1-14(10-7(12)3-2-4-8(10)13)11(16)6-5-9(6)15(17)18/h2-4,6,9H,5H2,1H3/t6-,9-/m1/s1. The molecule has 7 heteroatoms. The summed E-state index contributed by atoms with van der Waals surface area (Å²) in [7, 11) is 1.21. The van der Waals surface area contributed by atoms with Crippen molar-refractivity contribution in [3.05, 3.63) is 39.9 Å². The van der Waals surface area contributed by atoms with Crippen molar-refractivity contribution in [2.24, 2.45) is 5.92 Å². The van der Waals surface area contributed by atoms with E-state index in [2.05, 4.69) is 0 Å². The first-order valence-electron chi connectivity index (χ1n) is 5.28. The topological polar surface area (TPSA) is 63.5 Å². The molecule has 2 atom stereocenters. The average molecular weight is 256 g/mol. The van der Waals surface area contributed by atoms with Gasteiger partial charge in [-0.25, -0.2) is 8.78 Å². The predicted molar refractivity (Wildman–Crippen MR) is 58.7 cm³/mol. The Kier molecular flexibility index (Phi) is 2.98. The van der Waals surface area contributed by atoms with Gasteiger partial charge in [0.2, 0.25) is 11.9 Å². The van der Waals surface area contributed by atoms with Crippen molar-refractivity contribution in [2.45, 2.75) is 12.5 Å². The van der Waals surface area contributed by atoms with Gasteiger partial charge in [-0.3, -0.25) is 14.9 Å². The second kappa shape index (κ2) is 4.32. The molecule has 0 aromatic heterocycles. The molecular formula is C11H10F2N2O3. The van der Waals surface area contributed by atoms with Crippen molar-refractivity contribution in [3.8, 4) is 0 Å². The van der Waals surface area contributed by atoms with Crippen molar-refractivity contribution in [2.75, 3.05) is 11.9 Å². The van der Waals surface area contributed by atoms with Gasteiger partial charge in [-0.15, -0.1) is 0 Å². The number of hydrogen-bond donors (Lipinski definition) is 0. The number of nitrogens with zero attached hydrogens (tertiary/aromatic N) is 2. The number of para-hydroxylation sites is 1. The molecule has 2 rings (SSSR count). The zero-order valence-corrected chi connectivity index (χ0v) is 9.47. The third-order valence-electron chi connectivity index (χ3n) is 2.95. The van der Waals surface area contributed by atoms with Gasteiger partial charge in [0.15, 0.2) is 0 Å². The highest BCUT2D eigenvalue weighted by molar-refractivity contribution is 5.96. The fourth-order valence-corrected chi connectivity index (χ4v) is 1.85. The molecule has 0 N–H and O–H groups in total. The van der Waals surface area contributed by atoms with E-state index in [4.69, 9.17) is 0 Å². The summed E-state index contributed by atoms with van der Waals surface area (Å²) >= 11 is 0. The summed E-state index contributed by atoms with van der Waals surface area (Å²) in [5.41, 5.74) is -0.475. The number of benzene rings is 1. The Labute approximate surface area is 101 Å². The minimum absolute atomic E-state index is 0.117. The smallest absolute Gasteiger partial charge is 0.237 e. The monoisotopic (exact) mass is 256 g/mol. The number of halogens is 2. The minimum Gasteiger partial charge on any atom is -0.310 e. The normalized spacial score (nSPS) is 21.5. The third kappa shape index (κ3) is 2.03. The molecule has 1 fully saturated rings. The van der Waals surface area contributed by atoms with E-state index in [1.807, 2.05) is 0 Å². The van der Waals surface area contributed by atoms with Crippen LogP contribution in [0.15, 0.2) is 18.2 Å². The minimum atomic E-state index is -0.935. The molecule has 96 valence electrons. The highest BCUT2D eigenvalue weighted by Gasteiger charge is 2.54. The Morgan fingerprint density at radius 3 is 2.44 bits per heavy atom. The summed E-state index contributed by atoms with van der Waals surface area (Å²) in [6, 6.07) is 2.30. The Balaban J connectivity index is 2.20. The van der Waals surface area contributed by atoms with Crippen LogP contribution < -0.4 is 4.90 Å². The van der Waals surface area contributed by atoms with Crippen LogP contribution in [-0.2, 0) is 4.79 Å². The second-order valence-electron chi connectivity index (χ2n) is 4.16. The zero-order chi connectivity index (χ0) is 13.4. The van der Waals surface area contributed by atoms with Crippen LogP contribution in [0.5, 0.6) is 0 Å². The molecule has 1 amide bonds. The van der Waals surface area contributed by atoms with Crippen LogP contribution >= 0.6 is 0 Å². The number of rotatable bonds is 3. The van der Waals surface area contributed by atoms with Crippen LogP contribution in [-0.4, -0.2) is 23.9 Å². The molecule has 1 aromatic carbocycles. The molecule has 0 unspecified atom stereocenters. The lowest BCUT2D eigenvalue weighted by Gasteiger charge is -2.18. The lowest BCUT2D eigenvalue weighted by molar-refractivity contribution is -0.497. The van der Waals surface area contributed by atoms with Gasteiger partial charge in [0.1, 0.15) is 23.2 Å². The lowest BCUT2D eigenvalue weighted by Crippen LogP contribution is -2.31. The Hall–Kier alpha value is -2.05. The molecule has 0 aliphatic heterocycles. The summed E-state index contributed by atoms with van der Waals surface area (Å²) < 4.78 is 26.9. The molecule has 18 heavy (non-hydrogen) atoms. The van der Waals surface area contributed by atoms with E-state index in [9.17, 15) is 23.7 Å². The number of nitro groups is 1. The van der Waals surface area contributed by atoms with E-state index in [0.717, 1.165) is 17.0 Å². The Morgan fingerprint density at radius 1 is 1.44 bits per heavy atom. The van der Waals surface area contributed by atoms with Crippen LogP contribution in [0.25, 0.3) is 0 Å². The Morgan fingerprint density at radius 2 is 2.00 bits per heavy atom. The Bertz CT molecular complexity index is 501. The van der Waals surface area contributed by atoms with Crippen LogP contribution in [0.1, 0.15) is 6.42 Å². The molecule has 1 aromatic rings. The molecule has 0 radical (unpaired) electrons. The quantitative estimate of drug-likeness (QED) is 0.609. The number of anilines is 1. The fourth-order valence-electron chi connectivity index (χ4n) is 1.85. The van der Waals surface area contributed by atoms with E-state index in [0.29, 0.717) is 0 Å². The summed E-state index contributed by atoms with van der Waals surface area (Å²) in [6.07, 6.45) is 0.117. The number of hydrogen-bond acceptors (Lipinski definition) is 3. The summed E-state index contributed by atoms with van der Waals surface area (Å²) in [4.78, 5) is 22.5. The van der Waals surface area contributed by atoms with E-state index < -0.39 is 40.1 Å². The first kappa shape index (κ1) is 12.4. The highest BCUT2D eigenvalue weighted by Crippen LogP contribution is 2.36. The zero-order valence-electron chi connectivity index (χ0n) is 9.47. The first-order valence-corrected chi connectivity index (χ1v) is 5.28. The predicted octanol–water partition coefficient (Wildman–Crippen LogP) is 1.59. The van der Waals surface area contributed by atoms with Crippen LogP contribution in [0.4, 0.5) is 14.5 Å². The first-order chi connectivity index (χ1) is 8.43. The molecule has 0 heterocycles. The highest BCUT2D eigenvalue weighted by atomic mass is 19.1. The SMILES string of the molecule is CN(C(=O)[C@@H]1C[C@H]1[N+](=O)[O-])c1c(F)cccc1F. The summed E-state index contributed by atoms with van der Waals surface area (Å²) in [5, 5.41) is 10.5. The van der Waals surface area contributed by atoms with E-state index in [-0.39, 0.29) is 6.42 Å². The van der Waals surface area contributed by atoms with Gasteiger partial charge in [0.25, 0.3) is 0 Å². The maximum absolute atomic E-state index is 13.4. The summed E-state index contributed by atoms with van der Waals surface area (Å²) in [6.45, 7) is 0. The van der Waals surface area contributed by atoms with E-state index in [1.54, 1.807) is 0 Å². The maximum Gasteiger partial charge on any atom is 0.237 e. The van der Waals surface area contributed by atoms with Gasteiger partial charge in [-0.1, -0.05) is 6.07 Å².